The molecule has 0 spiro atoms. The molecule has 0 heterocycles. The molecular formula is C64H104O6. The van der Waals surface area contributed by atoms with Crippen molar-refractivity contribution in [3.8, 4) is 0 Å². The molecule has 0 fully saturated rings. The van der Waals surface area contributed by atoms with Crippen molar-refractivity contribution in [2.24, 2.45) is 0 Å². The standard InChI is InChI=1S/C64H104O6/c1-4-7-10-13-16-19-22-25-28-31-34-36-39-42-45-48-51-54-57-63(66)69-60-61(70-64(67)58-55-52-49-46-43-40-37-33-30-27-24-21-18-15-12-9-6-3)59-68-62(65)56-53-50-47-44-41-38-35-32-29-26-23-20-17-14-11-8-5-2/h9,12,15,18,21,24,26-27,29-30,33-38,40,43-44,47,61H,4-8,10-11,13-14,16-17,19-20,22-23,25,28,31-32,39,41-42,45-46,48-60H2,1-3H3/b12-9-,18-15-,24-21-,29-26-,30-27-,36-34-,37-33+,38-35-,43-40-,47-44-. The van der Waals surface area contributed by atoms with Crippen molar-refractivity contribution in [1.29, 1.82) is 0 Å². The Balaban J connectivity index is 4.57. The van der Waals surface area contributed by atoms with Crippen LogP contribution < -0.4 is 0 Å². The number of ether oxygens (including phenoxy) is 3. The lowest BCUT2D eigenvalue weighted by molar-refractivity contribution is -0.167. The summed E-state index contributed by atoms with van der Waals surface area (Å²) in [5, 5.41) is 0. The van der Waals surface area contributed by atoms with E-state index in [1.807, 2.05) is 60.8 Å². The fourth-order valence-corrected chi connectivity index (χ4v) is 7.54. The molecule has 0 amide bonds. The lowest BCUT2D eigenvalue weighted by Crippen LogP contribution is -2.30. The van der Waals surface area contributed by atoms with Crippen molar-refractivity contribution in [3.63, 3.8) is 0 Å². The normalized spacial score (nSPS) is 13.0. The van der Waals surface area contributed by atoms with E-state index in [9.17, 15) is 14.4 Å². The second kappa shape index (κ2) is 57.4. The maximum absolute atomic E-state index is 12.8. The van der Waals surface area contributed by atoms with Crippen LogP contribution in [0.4, 0.5) is 0 Å². The Morgan fingerprint density at radius 3 is 1.09 bits per heavy atom. The van der Waals surface area contributed by atoms with Crippen LogP contribution in [0, 0.1) is 0 Å². The van der Waals surface area contributed by atoms with Crippen molar-refractivity contribution in [3.05, 3.63) is 122 Å². The lowest BCUT2D eigenvalue weighted by Gasteiger charge is -2.18. The van der Waals surface area contributed by atoms with Crippen molar-refractivity contribution in [2.75, 3.05) is 13.2 Å². The zero-order valence-corrected chi connectivity index (χ0v) is 45.2. The van der Waals surface area contributed by atoms with Crippen molar-refractivity contribution in [1.82, 2.24) is 0 Å². The number of allylic oxidation sites excluding steroid dienone is 20. The molecule has 0 aromatic carbocycles. The molecule has 0 rings (SSSR count). The summed E-state index contributed by atoms with van der Waals surface area (Å²) in [5.41, 5.74) is 0. The van der Waals surface area contributed by atoms with Gasteiger partial charge < -0.3 is 14.2 Å². The highest BCUT2D eigenvalue weighted by Gasteiger charge is 2.19. The minimum Gasteiger partial charge on any atom is -0.462 e. The van der Waals surface area contributed by atoms with Gasteiger partial charge in [0.25, 0.3) is 0 Å². The maximum Gasteiger partial charge on any atom is 0.306 e. The van der Waals surface area contributed by atoms with Crippen LogP contribution in [0.5, 0.6) is 0 Å². The van der Waals surface area contributed by atoms with Gasteiger partial charge in [-0.25, -0.2) is 0 Å². The summed E-state index contributed by atoms with van der Waals surface area (Å²) in [5.74, 6) is -1.03. The van der Waals surface area contributed by atoms with Crippen LogP contribution in [0.3, 0.4) is 0 Å². The fourth-order valence-electron chi connectivity index (χ4n) is 7.54. The molecule has 396 valence electrons. The van der Waals surface area contributed by atoms with Gasteiger partial charge in [0.15, 0.2) is 6.10 Å². The molecule has 1 unspecified atom stereocenters. The number of hydrogen-bond acceptors (Lipinski definition) is 6. The molecule has 0 saturated heterocycles. The van der Waals surface area contributed by atoms with Crippen molar-refractivity contribution < 1.29 is 28.6 Å². The quantitative estimate of drug-likeness (QED) is 0.0199. The third-order valence-electron chi connectivity index (χ3n) is 11.8. The molecule has 0 aromatic heterocycles. The molecule has 0 N–H and O–H groups in total. The molecule has 6 nitrogen and oxygen atoms in total. The SMILES string of the molecule is CC\C=C/C=C\C=C/C=C\C=C\C=C/CCCCCC(=O)OC(COC(=O)CCC/C=C\C/C=C\C/C=C\CCCCCCCC)COC(=O)CCCCCCC/C=C\CCCCCCCCCCC. The molecule has 0 aliphatic rings. The smallest absolute Gasteiger partial charge is 0.306 e. The summed E-state index contributed by atoms with van der Waals surface area (Å²) in [6, 6.07) is 0. The number of esters is 3. The Kier molecular flexibility index (Phi) is 54.0. The summed E-state index contributed by atoms with van der Waals surface area (Å²) in [4.78, 5) is 38.1. The van der Waals surface area contributed by atoms with E-state index in [-0.39, 0.29) is 44.0 Å². The van der Waals surface area contributed by atoms with Crippen molar-refractivity contribution in [2.45, 2.75) is 252 Å². The molecule has 70 heavy (non-hydrogen) atoms. The number of unbranched alkanes of at least 4 members (excludes halogenated alkanes) is 24. The average Bonchev–Trinajstić information content (AvgIpc) is 3.36. The Hall–Kier alpha value is -4.19. The summed E-state index contributed by atoms with van der Waals surface area (Å²) < 4.78 is 16.8. The molecular weight excluding hydrogens is 865 g/mol. The Bertz CT molecular complexity index is 1490. The lowest BCUT2D eigenvalue weighted by atomic mass is 10.1. The predicted molar refractivity (Wildman–Crippen MR) is 302 cm³/mol. The first-order valence-corrected chi connectivity index (χ1v) is 28.6. The predicted octanol–water partition coefficient (Wildman–Crippen LogP) is 19.3. The minimum absolute atomic E-state index is 0.119. The highest BCUT2D eigenvalue weighted by molar-refractivity contribution is 5.71. The molecule has 1 atom stereocenters. The van der Waals surface area contributed by atoms with Gasteiger partial charge >= 0.3 is 17.9 Å². The molecule has 0 aliphatic carbocycles. The Morgan fingerprint density at radius 2 is 0.629 bits per heavy atom. The third kappa shape index (κ3) is 54.7. The van der Waals surface area contributed by atoms with Gasteiger partial charge in [-0.15, -0.1) is 0 Å². The van der Waals surface area contributed by atoms with E-state index < -0.39 is 6.10 Å². The first-order chi connectivity index (χ1) is 34.5. The van der Waals surface area contributed by atoms with Gasteiger partial charge in [0.2, 0.25) is 0 Å². The number of hydrogen-bond donors (Lipinski definition) is 0. The molecule has 6 heteroatoms. The maximum atomic E-state index is 12.8. The van der Waals surface area contributed by atoms with E-state index in [4.69, 9.17) is 14.2 Å². The summed E-state index contributed by atoms with van der Waals surface area (Å²) in [6.07, 6.45) is 79.1. The number of rotatable bonds is 50. The first kappa shape index (κ1) is 65.8. The van der Waals surface area contributed by atoms with E-state index >= 15 is 0 Å². The van der Waals surface area contributed by atoms with Crippen LogP contribution in [0.15, 0.2) is 122 Å². The number of carbonyl (C=O) groups excluding carboxylic acids is 3. The zero-order chi connectivity index (χ0) is 50.7. The highest BCUT2D eigenvalue weighted by atomic mass is 16.6. The van der Waals surface area contributed by atoms with Crippen LogP contribution >= 0.6 is 0 Å². The second-order valence-corrected chi connectivity index (χ2v) is 18.6. The van der Waals surface area contributed by atoms with Crippen LogP contribution in [-0.4, -0.2) is 37.2 Å². The van der Waals surface area contributed by atoms with E-state index in [1.54, 1.807) is 0 Å². The monoisotopic (exact) mass is 969 g/mol. The molecule has 0 saturated carbocycles. The molecule has 0 bridgehead atoms. The van der Waals surface area contributed by atoms with E-state index in [1.165, 1.54) is 116 Å². The van der Waals surface area contributed by atoms with E-state index in [0.29, 0.717) is 19.3 Å². The second-order valence-electron chi connectivity index (χ2n) is 18.6. The van der Waals surface area contributed by atoms with Crippen molar-refractivity contribution >= 4 is 17.9 Å². The number of carbonyl (C=O) groups is 3. The Labute approximate surface area is 431 Å². The van der Waals surface area contributed by atoms with Gasteiger partial charge in [-0.1, -0.05) is 251 Å². The highest BCUT2D eigenvalue weighted by Crippen LogP contribution is 2.14. The zero-order valence-electron chi connectivity index (χ0n) is 45.2. The van der Waals surface area contributed by atoms with Gasteiger partial charge in [-0.3, -0.25) is 14.4 Å². The molecule has 0 radical (unpaired) electrons. The van der Waals surface area contributed by atoms with Crippen LogP contribution in [0.1, 0.15) is 245 Å². The third-order valence-corrected chi connectivity index (χ3v) is 11.8. The van der Waals surface area contributed by atoms with Gasteiger partial charge in [-0.05, 0) is 96.3 Å². The topological polar surface area (TPSA) is 78.9 Å². The first-order valence-electron chi connectivity index (χ1n) is 28.6. The average molecular weight is 970 g/mol. The fraction of sp³-hybridized carbons (Fsp3) is 0.641. The van der Waals surface area contributed by atoms with Gasteiger partial charge in [0, 0.05) is 19.3 Å². The van der Waals surface area contributed by atoms with E-state index in [0.717, 1.165) is 77.0 Å². The van der Waals surface area contributed by atoms with Gasteiger partial charge in [0.1, 0.15) is 13.2 Å². The van der Waals surface area contributed by atoms with Crippen LogP contribution in [-0.2, 0) is 28.6 Å². The van der Waals surface area contributed by atoms with Crippen LogP contribution in [0.25, 0.3) is 0 Å². The minimum atomic E-state index is -0.829. The van der Waals surface area contributed by atoms with E-state index in [2.05, 4.69) is 81.5 Å². The van der Waals surface area contributed by atoms with Gasteiger partial charge in [0.05, 0.1) is 0 Å². The largest absolute Gasteiger partial charge is 0.462 e. The van der Waals surface area contributed by atoms with Crippen LogP contribution in [0.2, 0.25) is 0 Å². The summed E-state index contributed by atoms with van der Waals surface area (Å²) in [6.45, 7) is 6.40. The molecule has 0 aromatic rings. The summed E-state index contributed by atoms with van der Waals surface area (Å²) in [7, 11) is 0. The van der Waals surface area contributed by atoms with Gasteiger partial charge in [-0.2, -0.15) is 0 Å². The summed E-state index contributed by atoms with van der Waals surface area (Å²) >= 11 is 0. The Morgan fingerprint density at radius 1 is 0.314 bits per heavy atom. The molecule has 0 aliphatic heterocycles.